The summed E-state index contributed by atoms with van der Waals surface area (Å²) in [5, 5.41) is 6.32. The smallest absolute Gasteiger partial charge is 0.137 e. The summed E-state index contributed by atoms with van der Waals surface area (Å²) in [5.41, 5.74) is 8.57. The van der Waals surface area contributed by atoms with E-state index in [0.29, 0.717) is 0 Å². The molecule has 3 nitrogen and oxygen atoms in total. The minimum Gasteiger partial charge on any atom is -0.306 e. The van der Waals surface area contributed by atoms with Gasteiger partial charge in [0.25, 0.3) is 0 Å². The molecule has 0 spiro atoms. The molecule has 9 aromatic rings. The number of rotatable bonds is 3. The Balaban J connectivity index is 1.14. The molecule has 4 heteroatoms. The Labute approximate surface area is 246 Å². The molecule has 0 amide bonds. The number of nitrogens with zero attached hydrogens (tertiary/aromatic N) is 3. The van der Waals surface area contributed by atoms with Gasteiger partial charge in [0, 0.05) is 59.9 Å². The Morgan fingerprint density at radius 2 is 1.17 bits per heavy atom. The van der Waals surface area contributed by atoms with Crippen molar-refractivity contribution in [3.8, 4) is 33.6 Å². The van der Waals surface area contributed by atoms with E-state index in [-0.39, 0.29) is 0 Å². The summed E-state index contributed by atoms with van der Waals surface area (Å²) in [5.74, 6) is 0. The fourth-order valence-electron chi connectivity index (χ4n) is 6.16. The SMILES string of the molecule is c1ccc2c(c1)nc(-c1ccc(-c3ccc(-c4cn5ccccc5n4)cc3)cc1)c1ccc3c4ccccc4sc3c12. The quantitative estimate of drug-likeness (QED) is 0.204. The molecule has 0 saturated carbocycles. The highest BCUT2D eigenvalue weighted by Crippen LogP contribution is 2.43. The molecular formula is C38H23N3S. The number of pyridine rings is 2. The summed E-state index contributed by atoms with van der Waals surface area (Å²) in [6.45, 7) is 0. The van der Waals surface area contributed by atoms with Gasteiger partial charge in [-0.2, -0.15) is 0 Å². The van der Waals surface area contributed by atoms with Gasteiger partial charge in [0.05, 0.1) is 16.9 Å². The number of para-hydroxylation sites is 1. The first-order valence-corrected chi connectivity index (χ1v) is 14.9. The largest absolute Gasteiger partial charge is 0.306 e. The molecule has 4 aromatic heterocycles. The first-order valence-electron chi connectivity index (χ1n) is 14.1. The van der Waals surface area contributed by atoms with Crippen LogP contribution in [0.5, 0.6) is 0 Å². The monoisotopic (exact) mass is 553 g/mol. The topological polar surface area (TPSA) is 30.2 Å². The summed E-state index contributed by atoms with van der Waals surface area (Å²) in [6.07, 6.45) is 4.10. The lowest BCUT2D eigenvalue weighted by atomic mass is 9.96. The van der Waals surface area contributed by atoms with E-state index in [1.807, 2.05) is 35.7 Å². The van der Waals surface area contributed by atoms with Crippen molar-refractivity contribution in [3.63, 3.8) is 0 Å². The highest BCUT2D eigenvalue weighted by atomic mass is 32.1. The second-order valence-corrected chi connectivity index (χ2v) is 11.7. The number of hydrogen-bond donors (Lipinski definition) is 0. The van der Waals surface area contributed by atoms with E-state index in [0.717, 1.165) is 33.7 Å². The molecule has 0 atom stereocenters. The van der Waals surface area contributed by atoms with Crippen LogP contribution in [-0.2, 0) is 0 Å². The van der Waals surface area contributed by atoms with Crippen molar-refractivity contribution in [3.05, 3.63) is 140 Å². The number of imidazole rings is 1. The van der Waals surface area contributed by atoms with Crippen LogP contribution in [0.4, 0.5) is 0 Å². The van der Waals surface area contributed by atoms with Gasteiger partial charge in [0.2, 0.25) is 0 Å². The summed E-state index contributed by atoms with van der Waals surface area (Å²) in [6, 6.07) is 45.3. The second-order valence-electron chi connectivity index (χ2n) is 10.7. The highest BCUT2D eigenvalue weighted by molar-refractivity contribution is 7.26. The van der Waals surface area contributed by atoms with Gasteiger partial charge in [-0.05, 0) is 35.4 Å². The normalized spacial score (nSPS) is 11.8. The molecule has 0 aliphatic rings. The Morgan fingerprint density at radius 1 is 0.500 bits per heavy atom. The molecule has 0 radical (unpaired) electrons. The molecule has 4 heterocycles. The van der Waals surface area contributed by atoms with Crippen molar-refractivity contribution in [2.75, 3.05) is 0 Å². The van der Waals surface area contributed by atoms with Crippen LogP contribution in [0.25, 0.3) is 81.1 Å². The third kappa shape index (κ3) is 3.59. The van der Waals surface area contributed by atoms with E-state index < -0.39 is 0 Å². The van der Waals surface area contributed by atoms with E-state index in [1.54, 1.807) is 0 Å². The average Bonchev–Trinajstić information content (AvgIpc) is 3.66. The average molecular weight is 554 g/mol. The van der Waals surface area contributed by atoms with Crippen LogP contribution >= 0.6 is 11.3 Å². The van der Waals surface area contributed by atoms with Crippen LogP contribution < -0.4 is 0 Å². The third-order valence-electron chi connectivity index (χ3n) is 8.24. The Morgan fingerprint density at radius 3 is 1.98 bits per heavy atom. The van der Waals surface area contributed by atoms with Crippen molar-refractivity contribution in [1.29, 1.82) is 0 Å². The summed E-state index contributed by atoms with van der Waals surface area (Å²) in [7, 11) is 0. The van der Waals surface area contributed by atoms with Gasteiger partial charge >= 0.3 is 0 Å². The third-order valence-corrected chi connectivity index (χ3v) is 9.45. The first kappa shape index (κ1) is 23.4. The van der Waals surface area contributed by atoms with Crippen LogP contribution in [-0.4, -0.2) is 14.4 Å². The molecule has 5 aromatic carbocycles. The van der Waals surface area contributed by atoms with E-state index in [4.69, 9.17) is 9.97 Å². The molecule has 42 heavy (non-hydrogen) atoms. The van der Waals surface area contributed by atoms with Gasteiger partial charge in [-0.25, -0.2) is 9.97 Å². The summed E-state index contributed by atoms with van der Waals surface area (Å²) in [4.78, 5) is 9.96. The number of benzene rings is 5. The lowest BCUT2D eigenvalue weighted by Gasteiger charge is -2.12. The number of thiophene rings is 1. The van der Waals surface area contributed by atoms with Crippen molar-refractivity contribution in [1.82, 2.24) is 14.4 Å². The predicted octanol–water partition coefficient (Wildman–Crippen LogP) is 10.4. The summed E-state index contributed by atoms with van der Waals surface area (Å²) < 4.78 is 4.70. The molecule has 0 N–H and O–H groups in total. The summed E-state index contributed by atoms with van der Waals surface area (Å²) >= 11 is 1.88. The van der Waals surface area contributed by atoms with Crippen LogP contribution in [0.1, 0.15) is 0 Å². The molecule has 0 unspecified atom stereocenters. The molecule has 0 fully saturated rings. The van der Waals surface area contributed by atoms with Gasteiger partial charge in [-0.15, -0.1) is 11.3 Å². The van der Waals surface area contributed by atoms with Crippen LogP contribution in [0.3, 0.4) is 0 Å². The van der Waals surface area contributed by atoms with Crippen LogP contribution in [0, 0.1) is 0 Å². The van der Waals surface area contributed by atoms with Gasteiger partial charge < -0.3 is 4.40 Å². The van der Waals surface area contributed by atoms with Gasteiger partial charge in [-0.1, -0.05) is 103 Å². The fraction of sp³-hybridized carbons (Fsp3) is 0. The van der Waals surface area contributed by atoms with E-state index in [1.165, 1.54) is 47.5 Å². The first-order chi connectivity index (χ1) is 20.8. The van der Waals surface area contributed by atoms with Gasteiger partial charge in [0.15, 0.2) is 0 Å². The minimum absolute atomic E-state index is 0.954. The van der Waals surface area contributed by atoms with Crippen LogP contribution in [0.15, 0.2) is 140 Å². The maximum atomic E-state index is 5.20. The van der Waals surface area contributed by atoms with Crippen LogP contribution in [0.2, 0.25) is 0 Å². The predicted molar refractivity (Wildman–Crippen MR) is 177 cm³/mol. The maximum Gasteiger partial charge on any atom is 0.137 e. The zero-order chi connectivity index (χ0) is 27.6. The van der Waals surface area contributed by atoms with Crippen molar-refractivity contribution in [2.24, 2.45) is 0 Å². The Bertz CT molecular complexity index is 2420. The Kier molecular flexibility index (Phi) is 5.07. The number of aromatic nitrogens is 3. The number of fused-ring (bicyclic) bond motifs is 8. The standard InChI is InChI=1S/C38H23N3S/c1-3-9-32-30(8-1)36-31(21-20-29-28-7-2-4-10-34(28)42-38(29)36)37(40-32)27-18-14-25(15-19-27)24-12-16-26(17-13-24)33-23-41-22-6-5-11-35(41)39-33/h1-23H. The lowest BCUT2D eigenvalue weighted by Crippen LogP contribution is -1.90. The van der Waals surface area contributed by atoms with E-state index >= 15 is 0 Å². The Hall–Kier alpha value is -5.32. The van der Waals surface area contributed by atoms with Crippen molar-refractivity contribution in [2.45, 2.75) is 0 Å². The fourth-order valence-corrected chi connectivity index (χ4v) is 7.43. The molecule has 0 saturated heterocycles. The molecule has 0 bridgehead atoms. The lowest BCUT2D eigenvalue weighted by molar-refractivity contribution is 1.19. The highest BCUT2D eigenvalue weighted by Gasteiger charge is 2.16. The number of hydrogen-bond acceptors (Lipinski definition) is 3. The zero-order valence-corrected chi connectivity index (χ0v) is 23.3. The molecule has 196 valence electrons. The van der Waals surface area contributed by atoms with Crippen molar-refractivity contribution >= 4 is 58.8 Å². The van der Waals surface area contributed by atoms with Gasteiger partial charge in [-0.3, -0.25) is 0 Å². The van der Waals surface area contributed by atoms with Gasteiger partial charge in [0.1, 0.15) is 5.65 Å². The second kappa shape index (κ2) is 9.10. The molecule has 0 aliphatic carbocycles. The molecular weight excluding hydrogens is 531 g/mol. The van der Waals surface area contributed by atoms with E-state index in [2.05, 4.69) is 120 Å². The van der Waals surface area contributed by atoms with E-state index in [9.17, 15) is 0 Å². The maximum absolute atomic E-state index is 5.20. The molecule has 0 aliphatic heterocycles. The minimum atomic E-state index is 0.954. The zero-order valence-electron chi connectivity index (χ0n) is 22.5. The van der Waals surface area contributed by atoms with Crippen molar-refractivity contribution < 1.29 is 0 Å². The molecule has 9 rings (SSSR count).